The summed E-state index contributed by atoms with van der Waals surface area (Å²) >= 11 is 0. The lowest BCUT2D eigenvalue weighted by molar-refractivity contribution is -0.137. The van der Waals surface area contributed by atoms with Gasteiger partial charge in [-0.2, -0.15) is 0 Å². The van der Waals surface area contributed by atoms with Gasteiger partial charge in [0.1, 0.15) is 11.6 Å². The number of hydrogen-bond donors (Lipinski definition) is 1. The molecule has 6 rings (SSSR count). The molecule has 4 fully saturated rings. The Kier molecular flexibility index (Phi) is 8.38. The van der Waals surface area contributed by atoms with Crippen LogP contribution in [0.2, 0.25) is 0 Å². The van der Waals surface area contributed by atoms with Gasteiger partial charge in [0.25, 0.3) is 5.91 Å². The van der Waals surface area contributed by atoms with Gasteiger partial charge in [-0.05, 0) is 90.5 Å². The molecule has 1 aromatic rings. The average Bonchev–Trinajstić information content (AvgIpc) is 3.18. The van der Waals surface area contributed by atoms with Gasteiger partial charge in [0.05, 0.1) is 18.2 Å². The fourth-order valence-corrected chi connectivity index (χ4v) is 7.51. The number of hydrogen-bond acceptors (Lipinski definition) is 8. The smallest absolute Gasteiger partial charge is 0.410 e. The Morgan fingerprint density at radius 2 is 1.68 bits per heavy atom. The van der Waals surface area contributed by atoms with E-state index < -0.39 is 11.6 Å². The number of nitrogens with zero attached hydrogens (tertiary/aromatic N) is 4. The first-order chi connectivity index (χ1) is 20.9. The molecular weight excluding hydrogens is 562 g/mol. The van der Waals surface area contributed by atoms with Crippen LogP contribution in [0.5, 0.6) is 0 Å². The number of carbonyl (C=O) groups excluding carboxylic acids is 4. The highest BCUT2D eigenvalue weighted by Crippen LogP contribution is 2.39. The molecule has 1 N–H and O–H groups in total. The zero-order valence-electron chi connectivity index (χ0n) is 26.7. The molecule has 1 unspecified atom stereocenters. The van der Waals surface area contributed by atoms with Crippen molar-refractivity contribution >= 4 is 29.5 Å². The molecule has 1 saturated carbocycles. The van der Waals surface area contributed by atoms with Crippen molar-refractivity contribution in [3.8, 4) is 0 Å². The molecular formula is C33H47N5O6. The molecule has 4 aliphatic heterocycles. The molecule has 240 valence electrons. The molecule has 0 radical (unpaired) electrons. The molecule has 1 aromatic carbocycles. The number of anilines is 1. The third-order valence-electron chi connectivity index (χ3n) is 9.97. The maximum absolute atomic E-state index is 13.3. The zero-order valence-corrected chi connectivity index (χ0v) is 26.7. The number of nitrogens with one attached hydrogen (secondary N) is 1. The van der Waals surface area contributed by atoms with E-state index in [4.69, 9.17) is 9.47 Å². The Balaban J connectivity index is 0.977. The lowest BCUT2D eigenvalue weighted by Crippen LogP contribution is -2.59. The second-order valence-corrected chi connectivity index (χ2v) is 14.2. The van der Waals surface area contributed by atoms with Gasteiger partial charge in [-0.15, -0.1) is 0 Å². The summed E-state index contributed by atoms with van der Waals surface area (Å²) in [5, 5.41) is 2.39. The Morgan fingerprint density at radius 1 is 0.955 bits per heavy atom. The van der Waals surface area contributed by atoms with Crippen LogP contribution in [-0.4, -0.2) is 107 Å². The Hall–Kier alpha value is -3.18. The number of rotatable bonds is 5. The van der Waals surface area contributed by atoms with Crippen LogP contribution in [0.15, 0.2) is 18.2 Å². The first kappa shape index (κ1) is 30.8. The summed E-state index contributed by atoms with van der Waals surface area (Å²) < 4.78 is 11.9. The quantitative estimate of drug-likeness (QED) is 0.506. The minimum Gasteiger partial charge on any atom is -0.444 e. The number of piperidine rings is 2. The first-order valence-electron chi connectivity index (χ1n) is 16.3. The summed E-state index contributed by atoms with van der Waals surface area (Å²) in [5.74, 6) is -0.797. The highest BCUT2D eigenvalue weighted by atomic mass is 16.6. The van der Waals surface area contributed by atoms with Crippen LogP contribution in [0, 0.1) is 0 Å². The van der Waals surface area contributed by atoms with Crippen molar-refractivity contribution in [1.82, 2.24) is 20.0 Å². The number of carbonyl (C=O) groups is 4. The SMILES string of the molecule is C[C@@H]1CN(C2CC(OC3CCN(C(=O)OC(C)(C)C)CC3)C2)CCN1c1ccc2c(c1)[C@@H](C)N(C1CCC(=O)NC1=O)C2=O. The van der Waals surface area contributed by atoms with E-state index in [2.05, 4.69) is 28.1 Å². The highest BCUT2D eigenvalue weighted by molar-refractivity contribution is 6.06. The maximum atomic E-state index is 13.3. The van der Waals surface area contributed by atoms with Gasteiger partial charge in [0, 0.05) is 62.5 Å². The van der Waals surface area contributed by atoms with Crippen LogP contribution >= 0.6 is 0 Å². The zero-order chi connectivity index (χ0) is 31.3. The predicted molar refractivity (Wildman–Crippen MR) is 164 cm³/mol. The van der Waals surface area contributed by atoms with Crippen molar-refractivity contribution in [3.63, 3.8) is 0 Å². The summed E-state index contributed by atoms with van der Waals surface area (Å²) in [6.45, 7) is 14.1. The van der Waals surface area contributed by atoms with E-state index in [-0.39, 0.29) is 48.5 Å². The molecule has 1 aliphatic carbocycles. The van der Waals surface area contributed by atoms with E-state index in [1.54, 1.807) is 9.80 Å². The summed E-state index contributed by atoms with van der Waals surface area (Å²) in [6, 6.07) is 6.06. The van der Waals surface area contributed by atoms with Crippen LogP contribution in [0.1, 0.15) is 95.1 Å². The third-order valence-corrected chi connectivity index (χ3v) is 9.97. The van der Waals surface area contributed by atoms with Crippen molar-refractivity contribution in [2.24, 2.45) is 0 Å². The number of likely N-dealkylation sites (tertiary alicyclic amines) is 1. The number of piperazine rings is 1. The standard InChI is InChI=1S/C33H47N5O6/c1-20-19-36(23-16-25(17-23)43-24-10-12-35(13-11-24)32(42)44-33(3,4)5)14-15-37(20)22-6-7-26-27(18-22)21(2)38(31(26)41)28-8-9-29(39)34-30(28)40/h6-7,18,20-21,23-25,28H,8-17,19H2,1-5H3,(H,34,39,40)/t20-,21-,23?,25?,28?/m1/s1. The summed E-state index contributed by atoms with van der Waals surface area (Å²) in [7, 11) is 0. The number of benzene rings is 1. The fraction of sp³-hybridized carbons (Fsp3) is 0.697. The van der Waals surface area contributed by atoms with Gasteiger partial charge < -0.3 is 24.2 Å². The minimum absolute atomic E-state index is 0.137. The van der Waals surface area contributed by atoms with Gasteiger partial charge >= 0.3 is 6.09 Å². The average molecular weight is 610 g/mol. The Morgan fingerprint density at radius 3 is 2.34 bits per heavy atom. The molecule has 4 amide bonds. The number of amides is 4. The minimum atomic E-state index is -0.617. The van der Waals surface area contributed by atoms with Crippen LogP contribution in [0.4, 0.5) is 10.5 Å². The number of imide groups is 1. The topological polar surface area (TPSA) is 112 Å². The van der Waals surface area contributed by atoms with E-state index in [0.717, 1.165) is 56.6 Å². The van der Waals surface area contributed by atoms with Gasteiger partial charge in [-0.25, -0.2) is 4.79 Å². The molecule has 3 saturated heterocycles. The van der Waals surface area contributed by atoms with E-state index in [9.17, 15) is 19.2 Å². The van der Waals surface area contributed by atoms with Crippen molar-refractivity contribution in [3.05, 3.63) is 29.3 Å². The van der Waals surface area contributed by atoms with Crippen molar-refractivity contribution in [1.29, 1.82) is 0 Å². The Bertz CT molecular complexity index is 1300. The molecule has 11 heteroatoms. The first-order valence-corrected chi connectivity index (χ1v) is 16.3. The lowest BCUT2D eigenvalue weighted by atomic mass is 9.86. The monoisotopic (exact) mass is 609 g/mol. The molecule has 11 nitrogen and oxygen atoms in total. The molecule has 4 heterocycles. The molecule has 44 heavy (non-hydrogen) atoms. The summed E-state index contributed by atoms with van der Waals surface area (Å²) in [6.07, 6.45) is 4.68. The molecule has 5 aliphatic rings. The maximum Gasteiger partial charge on any atom is 0.410 e. The fourth-order valence-electron chi connectivity index (χ4n) is 7.51. The van der Waals surface area contributed by atoms with E-state index in [1.165, 1.54) is 0 Å². The number of ether oxygens (including phenoxy) is 2. The van der Waals surface area contributed by atoms with Crippen molar-refractivity contribution in [2.45, 2.75) is 115 Å². The van der Waals surface area contributed by atoms with Crippen molar-refractivity contribution < 1.29 is 28.7 Å². The largest absolute Gasteiger partial charge is 0.444 e. The van der Waals surface area contributed by atoms with Gasteiger partial charge in [0.2, 0.25) is 11.8 Å². The predicted octanol–water partition coefficient (Wildman–Crippen LogP) is 3.47. The second-order valence-electron chi connectivity index (χ2n) is 14.2. The molecule has 0 spiro atoms. The van der Waals surface area contributed by atoms with E-state index >= 15 is 0 Å². The molecule has 0 bridgehead atoms. The van der Waals surface area contributed by atoms with Gasteiger partial charge in [-0.1, -0.05) is 0 Å². The summed E-state index contributed by atoms with van der Waals surface area (Å²) in [5.41, 5.74) is 2.22. The second kappa shape index (κ2) is 12.0. The van der Waals surface area contributed by atoms with Gasteiger partial charge in [-0.3, -0.25) is 24.6 Å². The lowest BCUT2D eigenvalue weighted by Gasteiger charge is -2.49. The Labute approximate surface area is 260 Å². The normalized spacial score (nSPS) is 30.2. The number of fused-ring (bicyclic) bond motifs is 1. The van der Waals surface area contributed by atoms with Crippen LogP contribution < -0.4 is 10.2 Å². The van der Waals surface area contributed by atoms with Crippen LogP contribution in [0.3, 0.4) is 0 Å². The molecule has 0 aromatic heterocycles. The van der Waals surface area contributed by atoms with E-state index in [1.807, 2.05) is 39.8 Å². The van der Waals surface area contributed by atoms with E-state index in [0.29, 0.717) is 37.2 Å². The highest BCUT2D eigenvalue weighted by Gasteiger charge is 2.44. The van der Waals surface area contributed by atoms with Gasteiger partial charge in [0.15, 0.2) is 0 Å². The van der Waals surface area contributed by atoms with Crippen molar-refractivity contribution in [2.75, 3.05) is 37.6 Å². The molecule has 3 atom stereocenters. The van der Waals surface area contributed by atoms with Crippen LogP contribution in [-0.2, 0) is 19.1 Å². The summed E-state index contributed by atoms with van der Waals surface area (Å²) in [4.78, 5) is 58.3. The third kappa shape index (κ3) is 6.18. The van der Waals surface area contributed by atoms with Crippen LogP contribution in [0.25, 0.3) is 0 Å².